The lowest BCUT2D eigenvalue weighted by atomic mass is 10.2. The number of halogens is 2. The molecule has 19 heavy (non-hydrogen) atoms. The zero-order chi connectivity index (χ0) is 14.2. The van der Waals surface area contributed by atoms with E-state index < -0.39 is 15.8 Å². The Hall–Kier alpha value is -0.920. The maximum atomic E-state index is 13.2. The summed E-state index contributed by atoms with van der Waals surface area (Å²) in [6, 6.07) is 5.61. The highest BCUT2D eigenvalue weighted by Crippen LogP contribution is 2.30. The Labute approximate surface area is 123 Å². The van der Waals surface area contributed by atoms with Crippen molar-refractivity contribution in [2.24, 2.45) is 0 Å². The molecule has 1 aromatic heterocycles. The summed E-state index contributed by atoms with van der Waals surface area (Å²) in [4.78, 5) is 0.874. The lowest BCUT2D eigenvalue weighted by Crippen LogP contribution is -2.13. The molecule has 0 amide bonds. The minimum Gasteiger partial charge on any atom is -0.279 e. The molecule has 1 heterocycles. The number of benzene rings is 1. The van der Waals surface area contributed by atoms with Crippen molar-refractivity contribution < 1.29 is 12.8 Å². The molecule has 0 saturated carbocycles. The molecule has 1 aromatic carbocycles. The van der Waals surface area contributed by atoms with Gasteiger partial charge in [-0.3, -0.25) is 4.72 Å². The Balaban J connectivity index is 2.39. The van der Waals surface area contributed by atoms with Crippen LogP contribution >= 0.6 is 27.3 Å². The fourth-order valence-electron chi connectivity index (χ4n) is 1.70. The Bertz CT molecular complexity index is 705. The monoisotopic (exact) mass is 363 g/mol. The van der Waals surface area contributed by atoms with E-state index in [2.05, 4.69) is 20.7 Å². The first-order chi connectivity index (χ1) is 8.78. The second-order valence-electron chi connectivity index (χ2n) is 4.09. The number of sulfonamides is 1. The number of aryl methyl sites for hydroxylation is 2. The van der Waals surface area contributed by atoms with Crippen molar-refractivity contribution in [2.45, 2.75) is 18.7 Å². The summed E-state index contributed by atoms with van der Waals surface area (Å²) in [5, 5.41) is 0. The second-order valence-corrected chi connectivity index (χ2v) is 8.38. The molecule has 0 aliphatic heterocycles. The summed E-state index contributed by atoms with van der Waals surface area (Å²) < 4.78 is 40.8. The van der Waals surface area contributed by atoms with Crippen LogP contribution in [0.3, 0.4) is 0 Å². The zero-order valence-corrected chi connectivity index (χ0v) is 13.4. The van der Waals surface area contributed by atoms with E-state index in [9.17, 15) is 12.8 Å². The Morgan fingerprint density at radius 3 is 2.42 bits per heavy atom. The van der Waals surface area contributed by atoms with Crippen LogP contribution in [0.15, 0.2) is 32.9 Å². The van der Waals surface area contributed by atoms with E-state index in [1.807, 2.05) is 0 Å². The average molecular weight is 364 g/mol. The van der Waals surface area contributed by atoms with Gasteiger partial charge in [0.05, 0.1) is 9.47 Å². The van der Waals surface area contributed by atoms with E-state index in [0.717, 1.165) is 9.85 Å². The summed E-state index contributed by atoms with van der Waals surface area (Å²) in [5.74, 6) is -0.471. The summed E-state index contributed by atoms with van der Waals surface area (Å²) in [5.41, 5.74) is 0.875. The van der Waals surface area contributed by atoms with Crippen LogP contribution in [0.4, 0.5) is 10.1 Å². The van der Waals surface area contributed by atoms with Gasteiger partial charge in [0.1, 0.15) is 10.7 Å². The normalized spacial score (nSPS) is 11.6. The molecule has 0 radical (unpaired) electrons. The molecule has 2 aromatic rings. The molecule has 0 spiro atoms. The van der Waals surface area contributed by atoms with Gasteiger partial charge in [0, 0.05) is 4.88 Å². The Kier molecular flexibility index (Phi) is 3.98. The molecule has 0 aliphatic carbocycles. The number of thiophene rings is 1. The van der Waals surface area contributed by atoms with Crippen LogP contribution in [-0.2, 0) is 10.0 Å². The van der Waals surface area contributed by atoms with Gasteiger partial charge in [-0.15, -0.1) is 11.3 Å². The number of rotatable bonds is 3. The van der Waals surface area contributed by atoms with Gasteiger partial charge in [0.15, 0.2) is 0 Å². The number of anilines is 1. The quantitative estimate of drug-likeness (QED) is 0.893. The zero-order valence-electron chi connectivity index (χ0n) is 10.2. The minimum absolute atomic E-state index is 0.200. The molecule has 0 bridgehead atoms. The smallest absolute Gasteiger partial charge is 0.263 e. The molecule has 2 rings (SSSR count). The van der Waals surface area contributed by atoms with Gasteiger partial charge in [0.2, 0.25) is 0 Å². The van der Waals surface area contributed by atoms with E-state index >= 15 is 0 Å². The van der Waals surface area contributed by atoms with E-state index in [1.54, 1.807) is 19.9 Å². The van der Waals surface area contributed by atoms with Crippen LogP contribution in [0.25, 0.3) is 0 Å². The molecule has 0 unspecified atom stereocenters. The number of hydrogen-bond acceptors (Lipinski definition) is 3. The summed E-state index contributed by atoms with van der Waals surface area (Å²) >= 11 is 4.59. The fraction of sp³-hybridized carbons (Fsp3) is 0.167. The van der Waals surface area contributed by atoms with Crippen molar-refractivity contribution in [3.63, 3.8) is 0 Å². The van der Waals surface area contributed by atoms with Crippen molar-refractivity contribution in [1.29, 1.82) is 0 Å². The summed E-state index contributed by atoms with van der Waals surface area (Å²) in [7, 11) is -3.69. The molecule has 7 heteroatoms. The van der Waals surface area contributed by atoms with Gasteiger partial charge in [-0.2, -0.15) is 0 Å². The van der Waals surface area contributed by atoms with Crippen molar-refractivity contribution >= 4 is 43.0 Å². The third-order valence-corrected chi connectivity index (χ3v) is 5.62. The van der Waals surface area contributed by atoms with Gasteiger partial charge in [-0.05, 0) is 59.6 Å². The SMILES string of the molecule is Cc1cc(F)cc(NS(=O)(=O)c2cc(Br)sc2C)c1. The molecule has 0 atom stereocenters. The molecular weight excluding hydrogens is 353 g/mol. The fourth-order valence-corrected chi connectivity index (χ4v) is 5.16. The summed E-state index contributed by atoms with van der Waals surface area (Å²) in [6.07, 6.45) is 0. The maximum Gasteiger partial charge on any atom is 0.263 e. The van der Waals surface area contributed by atoms with Gasteiger partial charge < -0.3 is 0 Å². The molecule has 102 valence electrons. The van der Waals surface area contributed by atoms with E-state index in [-0.39, 0.29) is 10.6 Å². The minimum atomic E-state index is -3.69. The van der Waals surface area contributed by atoms with Crippen molar-refractivity contribution in [3.8, 4) is 0 Å². The van der Waals surface area contributed by atoms with Gasteiger partial charge in [0.25, 0.3) is 10.0 Å². The first-order valence-electron chi connectivity index (χ1n) is 5.34. The predicted molar refractivity (Wildman–Crippen MR) is 78.7 cm³/mol. The average Bonchev–Trinajstić information content (AvgIpc) is 2.56. The lowest BCUT2D eigenvalue weighted by Gasteiger charge is -2.08. The van der Waals surface area contributed by atoms with E-state index in [0.29, 0.717) is 10.4 Å². The first-order valence-corrected chi connectivity index (χ1v) is 8.43. The highest BCUT2D eigenvalue weighted by molar-refractivity contribution is 9.11. The third kappa shape index (κ3) is 3.34. The van der Waals surface area contributed by atoms with E-state index in [1.165, 1.54) is 23.5 Å². The number of nitrogens with one attached hydrogen (secondary N) is 1. The standard InChI is InChI=1S/C12H11BrFNO2S2/c1-7-3-9(14)5-10(4-7)15-19(16,17)11-6-12(13)18-8(11)2/h3-6,15H,1-2H3. The van der Waals surface area contributed by atoms with Crippen LogP contribution in [0.1, 0.15) is 10.4 Å². The lowest BCUT2D eigenvalue weighted by molar-refractivity contribution is 0.601. The largest absolute Gasteiger partial charge is 0.279 e. The Morgan fingerprint density at radius 2 is 1.89 bits per heavy atom. The molecule has 1 N–H and O–H groups in total. The van der Waals surface area contributed by atoms with Crippen molar-refractivity contribution in [3.05, 3.63) is 44.3 Å². The van der Waals surface area contributed by atoms with Gasteiger partial charge in [-0.25, -0.2) is 12.8 Å². The summed E-state index contributed by atoms with van der Waals surface area (Å²) in [6.45, 7) is 3.42. The third-order valence-electron chi connectivity index (χ3n) is 2.43. The van der Waals surface area contributed by atoms with Crippen molar-refractivity contribution in [1.82, 2.24) is 0 Å². The number of hydrogen-bond donors (Lipinski definition) is 1. The molecule has 0 fully saturated rings. The van der Waals surface area contributed by atoms with Crippen LogP contribution in [0.2, 0.25) is 0 Å². The highest BCUT2D eigenvalue weighted by atomic mass is 79.9. The highest BCUT2D eigenvalue weighted by Gasteiger charge is 2.19. The van der Waals surface area contributed by atoms with Crippen molar-refractivity contribution in [2.75, 3.05) is 4.72 Å². The maximum absolute atomic E-state index is 13.2. The Morgan fingerprint density at radius 1 is 1.21 bits per heavy atom. The topological polar surface area (TPSA) is 46.2 Å². The molecular formula is C12H11BrFNO2S2. The molecule has 0 aliphatic rings. The molecule has 3 nitrogen and oxygen atoms in total. The van der Waals surface area contributed by atoms with Crippen LogP contribution in [0, 0.1) is 19.7 Å². The molecule has 0 saturated heterocycles. The van der Waals surface area contributed by atoms with Crippen LogP contribution in [-0.4, -0.2) is 8.42 Å². The van der Waals surface area contributed by atoms with Gasteiger partial charge >= 0.3 is 0 Å². The van der Waals surface area contributed by atoms with E-state index in [4.69, 9.17) is 0 Å². The van der Waals surface area contributed by atoms with Gasteiger partial charge in [-0.1, -0.05) is 0 Å². The second kappa shape index (κ2) is 5.22. The van der Waals surface area contributed by atoms with Crippen LogP contribution < -0.4 is 4.72 Å². The van der Waals surface area contributed by atoms with Crippen LogP contribution in [0.5, 0.6) is 0 Å². The first kappa shape index (κ1) is 14.5. The predicted octanol–water partition coefficient (Wildman–Crippen LogP) is 4.07.